The van der Waals surface area contributed by atoms with Crippen LogP contribution in [0.4, 0.5) is 5.69 Å². The van der Waals surface area contributed by atoms with Crippen molar-refractivity contribution < 1.29 is 9.53 Å². The van der Waals surface area contributed by atoms with Crippen LogP contribution in [0.5, 0.6) is 5.75 Å². The number of carbonyl (C=O) groups is 1. The van der Waals surface area contributed by atoms with Crippen LogP contribution in [0.2, 0.25) is 5.02 Å². The number of nitrogens with one attached hydrogen (secondary N) is 1. The molecule has 0 unspecified atom stereocenters. The van der Waals surface area contributed by atoms with E-state index in [-0.39, 0.29) is 11.8 Å². The van der Waals surface area contributed by atoms with Crippen molar-refractivity contribution in [3.8, 4) is 17.0 Å². The first kappa shape index (κ1) is 16.1. The second-order valence-electron chi connectivity index (χ2n) is 5.86. The van der Waals surface area contributed by atoms with Crippen LogP contribution in [0.25, 0.3) is 11.3 Å². The van der Waals surface area contributed by atoms with Crippen molar-refractivity contribution in [2.24, 2.45) is 0 Å². The molecular weight excluding hydrogens is 356 g/mol. The predicted octanol–water partition coefficient (Wildman–Crippen LogP) is 4.95. The van der Waals surface area contributed by atoms with Crippen LogP contribution in [0.15, 0.2) is 48.5 Å². The molecule has 1 N–H and O–H groups in total. The summed E-state index contributed by atoms with van der Waals surface area (Å²) < 4.78 is 9.81. The molecule has 4 rings (SSSR count). The van der Waals surface area contributed by atoms with Crippen LogP contribution in [-0.4, -0.2) is 17.4 Å². The summed E-state index contributed by atoms with van der Waals surface area (Å²) >= 11 is 7.56. The van der Waals surface area contributed by atoms with Crippen molar-refractivity contribution in [3.05, 3.63) is 64.0 Å². The van der Waals surface area contributed by atoms with Crippen molar-refractivity contribution >= 4 is 34.7 Å². The molecule has 4 nitrogen and oxygen atoms in total. The standard InChI is InChI=1S/C19H15ClN2O2S/c1-24-14-7-5-11(6-8-14)17-18-19(25-22-17)15(10-16(23)21-18)12-3-2-4-13(20)9-12/h2-9,15H,10H2,1H3,(H,21,23)/t15-/m1/s1. The molecule has 0 saturated heterocycles. The van der Waals surface area contributed by atoms with Crippen molar-refractivity contribution in [1.82, 2.24) is 4.37 Å². The number of aromatic nitrogens is 1. The summed E-state index contributed by atoms with van der Waals surface area (Å²) in [5.41, 5.74) is 3.58. The number of methoxy groups -OCH3 is 1. The van der Waals surface area contributed by atoms with Gasteiger partial charge in [-0.25, -0.2) is 0 Å². The van der Waals surface area contributed by atoms with E-state index in [1.165, 1.54) is 11.5 Å². The Morgan fingerprint density at radius 2 is 2.04 bits per heavy atom. The number of amides is 1. The number of anilines is 1. The summed E-state index contributed by atoms with van der Waals surface area (Å²) in [6.45, 7) is 0. The van der Waals surface area contributed by atoms with E-state index in [1.54, 1.807) is 7.11 Å². The molecule has 0 saturated carbocycles. The highest BCUT2D eigenvalue weighted by atomic mass is 35.5. The number of fused-ring (bicyclic) bond motifs is 1. The monoisotopic (exact) mass is 370 g/mol. The third kappa shape index (κ3) is 3.01. The topological polar surface area (TPSA) is 51.2 Å². The van der Waals surface area contributed by atoms with Gasteiger partial charge in [0.2, 0.25) is 5.91 Å². The Balaban J connectivity index is 1.78. The predicted molar refractivity (Wildman–Crippen MR) is 101 cm³/mol. The van der Waals surface area contributed by atoms with E-state index in [9.17, 15) is 4.79 Å². The molecule has 1 amide bonds. The van der Waals surface area contributed by atoms with Crippen LogP contribution in [-0.2, 0) is 4.79 Å². The molecule has 0 spiro atoms. The van der Waals surface area contributed by atoms with Gasteiger partial charge in [-0.1, -0.05) is 23.7 Å². The quantitative estimate of drug-likeness (QED) is 0.710. The average molecular weight is 371 g/mol. The third-order valence-corrected chi connectivity index (χ3v) is 5.50. The highest BCUT2D eigenvalue weighted by Gasteiger charge is 2.31. The molecule has 0 bridgehead atoms. The number of rotatable bonds is 3. The molecule has 0 aliphatic carbocycles. The fourth-order valence-corrected chi connectivity index (χ4v) is 4.24. The normalized spacial score (nSPS) is 16.2. The van der Waals surface area contributed by atoms with Crippen LogP contribution >= 0.6 is 23.1 Å². The molecule has 2 heterocycles. The molecule has 25 heavy (non-hydrogen) atoms. The van der Waals surface area contributed by atoms with Gasteiger partial charge in [-0.05, 0) is 53.5 Å². The molecule has 2 aromatic carbocycles. The molecule has 1 aliphatic heterocycles. The molecule has 6 heteroatoms. The minimum Gasteiger partial charge on any atom is -0.497 e. The van der Waals surface area contributed by atoms with Crippen molar-refractivity contribution in [2.45, 2.75) is 12.3 Å². The second-order valence-corrected chi connectivity index (χ2v) is 7.10. The fourth-order valence-electron chi connectivity index (χ4n) is 3.07. The first-order valence-electron chi connectivity index (χ1n) is 7.85. The Morgan fingerprint density at radius 1 is 1.24 bits per heavy atom. The van der Waals surface area contributed by atoms with E-state index in [0.717, 1.165) is 33.1 Å². The van der Waals surface area contributed by atoms with E-state index < -0.39 is 0 Å². The summed E-state index contributed by atoms with van der Waals surface area (Å²) in [4.78, 5) is 13.4. The zero-order chi connectivity index (χ0) is 17.4. The van der Waals surface area contributed by atoms with Crippen LogP contribution in [0.1, 0.15) is 22.8 Å². The van der Waals surface area contributed by atoms with Gasteiger partial charge in [0.25, 0.3) is 0 Å². The van der Waals surface area contributed by atoms with Crippen molar-refractivity contribution in [3.63, 3.8) is 0 Å². The van der Waals surface area contributed by atoms with E-state index >= 15 is 0 Å². The lowest BCUT2D eigenvalue weighted by atomic mass is 9.89. The molecule has 1 atom stereocenters. The molecule has 1 aliphatic rings. The Hall–Kier alpha value is -2.37. The number of carbonyl (C=O) groups excluding carboxylic acids is 1. The number of ether oxygens (including phenoxy) is 1. The van der Waals surface area contributed by atoms with Gasteiger partial charge in [-0.15, -0.1) is 0 Å². The van der Waals surface area contributed by atoms with E-state index in [1.807, 2.05) is 48.5 Å². The number of benzene rings is 2. The van der Waals surface area contributed by atoms with Crippen LogP contribution < -0.4 is 10.1 Å². The Bertz CT molecular complexity index is 937. The molecule has 126 valence electrons. The second kappa shape index (κ2) is 6.50. The zero-order valence-corrected chi connectivity index (χ0v) is 15.0. The summed E-state index contributed by atoms with van der Waals surface area (Å²) in [7, 11) is 1.63. The van der Waals surface area contributed by atoms with Gasteiger partial charge in [0.15, 0.2) is 0 Å². The van der Waals surface area contributed by atoms with Crippen LogP contribution in [0, 0.1) is 0 Å². The first-order valence-corrected chi connectivity index (χ1v) is 9.00. The smallest absolute Gasteiger partial charge is 0.225 e. The maximum Gasteiger partial charge on any atom is 0.225 e. The minimum atomic E-state index is -0.0213. The van der Waals surface area contributed by atoms with E-state index in [2.05, 4.69) is 9.69 Å². The van der Waals surface area contributed by atoms with Gasteiger partial charge < -0.3 is 10.1 Å². The Kier molecular flexibility index (Phi) is 4.19. The largest absolute Gasteiger partial charge is 0.497 e. The Morgan fingerprint density at radius 3 is 2.76 bits per heavy atom. The number of hydrogen-bond donors (Lipinski definition) is 1. The minimum absolute atomic E-state index is 0.00700. The van der Waals surface area contributed by atoms with Crippen molar-refractivity contribution in [1.29, 1.82) is 0 Å². The number of nitrogens with zero attached hydrogens (tertiary/aromatic N) is 1. The summed E-state index contributed by atoms with van der Waals surface area (Å²) in [5, 5.41) is 3.67. The molecule has 0 fully saturated rings. The maximum absolute atomic E-state index is 12.3. The molecule has 1 aromatic heterocycles. The number of hydrogen-bond acceptors (Lipinski definition) is 4. The lowest BCUT2D eigenvalue weighted by molar-refractivity contribution is -0.116. The third-order valence-electron chi connectivity index (χ3n) is 4.30. The van der Waals surface area contributed by atoms with E-state index in [4.69, 9.17) is 16.3 Å². The van der Waals surface area contributed by atoms with Crippen molar-refractivity contribution in [2.75, 3.05) is 12.4 Å². The van der Waals surface area contributed by atoms with Gasteiger partial charge in [0.1, 0.15) is 11.4 Å². The number of halogens is 1. The van der Waals surface area contributed by atoms with Crippen LogP contribution in [0.3, 0.4) is 0 Å². The van der Waals surface area contributed by atoms with Gasteiger partial charge >= 0.3 is 0 Å². The molecule has 0 radical (unpaired) electrons. The van der Waals surface area contributed by atoms with E-state index in [0.29, 0.717) is 11.4 Å². The summed E-state index contributed by atoms with van der Waals surface area (Å²) in [6.07, 6.45) is 0.400. The lowest BCUT2D eigenvalue weighted by Gasteiger charge is -2.23. The van der Waals surface area contributed by atoms with Gasteiger partial charge in [-0.3, -0.25) is 4.79 Å². The summed E-state index contributed by atoms with van der Waals surface area (Å²) in [6, 6.07) is 15.3. The average Bonchev–Trinajstić information content (AvgIpc) is 3.04. The van der Waals surface area contributed by atoms with Gasteiger partial charge in [0.05, 0.1) is 17.7 Å². The maximum atomic E-state index is 12.3. The Labute approximate surface area is 154 Å². The SMILES string of the molecule is COc1ccc(-c2nsc3c2NC(=O)C[C@@H]3c2cccc(Cl)c2)cc1. The summed E-state index contributed by atoms with van der Waals surface area (Å²) in [5.74, 6) is 0.757. The molecule has 3 aromatic rings. The zero-order valence-electron chi connectivity index (χ0n) is 13.5. The fraction of sp³-hybridized carbons (Fsp3) is 0.158. The highest BCUT2D eigenvalue weighted by molar-refractivity contribution is 7.07. The molecular formula is C19H15ClN2O2S. The lowest BCUT2D eigenvalue weighted by Crippen LogP contribution is -2.22. The first-order chi connectivity index (χ1) is 12.2. The van der Waals surface area contributed by atoms with Gasteiger partial charge in [0, 0.05) is 22.9 Å². The van der Waals surface area contributed by atoms with Gasteiger partial charge in [-0.2, -0.15) is 4.37 Å². The highest BCUT2D eigenvalue weighted by Crippen LogP contribution is 2.45.